The molecule has 2 aliphatic rings. The van der Waals surface area contributed by atoms with Gasteiger partial charge < -0.3 is 0 Å². The third kappa shape index (κ3) is 2.47. The molecule has 0 radical (unpaired) electrons. The summed E-state index contributed by atoms with van der Waals surface area (Å²) in [5, 5.41) is 2.08. The molecule has 0 aromatic carbocycles. The van der Waals surface area contributed by atoms with E-state index in [2.05, 4.69) is 9.91 Å². The van der Waals surface area contributed by atoms with Gasteiger partial charge in [0, 0.05) is 6.54 Å². The van der Waals surface area contributed by atoms with Crippen molar-refractivity contribution in [1.82, 2.24) is 9.91 Å². The second kappa shape index (κ2) is 5.10. The van der Waals surface area contributed by atoms with Gasteiger partial charge in [-0.1, -0.05) is 19.3 Å². The fourth-order valence-corrected chi connectivity index (χ4v) is 2.72. The molecule has 0 bridgehead atoms. The third-order valence-corrected chi connectivity index (χ3v) is 3.57. The van der Waals surface area contributed by atoms with E-state index < -0.39 is 0 Å². The van der Waals surface area contributed by atoms with E-state index in [0.717, 1.165) is 6.54 Å². The van der Waals surface area contributed by atoms with Crippen LogP contribution >= 0.6 is 0 Å². The highest BCUT2D eigenvalue weighted by Gasteiger charge is 2.25. The first kappa shape index (κ1) is 10.4. The minimum absolute atomic E-state index is 0.540. The molecule has 3 heteroatoms. The van der Waals surface area contributed by atoms with Crippen molar-refractivity contribution < 1.29 is 0 Å². The van der Waals surface area contributed by atoms with Crippen LogP contribution in [0.2, 0.25) is 0 Å². The first-order valence-corrected chi connectivity index (χ1v) is 6.13. The topological polar surface area (TPSA) is 32.5 Å². The van der Waals surface area contributed by atoms with Crippen LogP contribution in [0, 0.1) is 0 Å². The first-order valence-electron chi connectivity index (χ1n) is 6.13. The third-order valence-electron chi connectivity index (χ3n) is 3.57. The Hall–Kier alpha value is -0.120. The predicted molar refractivity (Wildman–Crippen MR) is 58.6 cm³/mol. The van der Waals surface area contributed by atoms with E-state index in [-0.39, 0.29) is 0 Å². The highest BCUT2D eigenvalue weighted by atomic mass is 15.5. The van der Waals surface area contributed by atoms with Gasteiger partial charge in [0.25, 0.3) is 0 Å². The van der Waals surface area contributed by atoms with Gasteiger partial charge in [0.1, 0.15) is 0 Å². The van der Waals surface area contributed by atoms with E-state index in [9.17, 15) is 0 Å². The molecule has 2 heterocycles. The lowest BCUT2D eigenvalue weighted by Crippen LogP contribution is -2.52. The number of nitrogens with two attached hydrogens (primary N) is 1. The SMILES string of the molecule is NN1CCCCCC1N1CCCCC1. The number of piperidine rings is 1. The minimum Gasteiger partial charge on any atom is -0.287 e. The molecular weight excluding hydrogens is 174 g/mol. The molecule has 0 aromatic heterocycles. The Kier molecular flexibility index (Phi) is 3.79. The summed E-state index contributed by atoms with van der Waals surface area (Å²) in [5.41, 5.74) is 0. The Balaban J connectivity index is 1.91. The maximum Gasteiger partial charge on any atom is 0.0755 e. The van der Waals surface area contributed by atoms with Crippen LogP contribution in [0.3, 0.4) is 0 Å². The van der Waals surface area contributed by atoms with Crippen LogP contribution < -0.4 is 5.84 Å². The van der Waals surface area contributed by atoms with Crippen LogP contribution in [-0.2, 0) is 0 Å². The van der Waals surface area contributed by atoms with Gasteiger partial charge in [-0.3, -0.25) is 10.7 Å². The lowest BCUT2D eigenvalue weighted by atomic mass is 10.1. The molecule has 0 spiro atoms. The molecule has 14 heavy (non-hydrogen) atoms. The van der Waals surface area contributed by atoms with Gasteiger partial charge >= 0.3 is 0 Å². The number of hydrogen-bond acceptors (Lipinski definition) is 3. The summed E-state index contributed by atoms with van der Waals surface area (Å²) in [6.45, 7) is 3.61. The van der Waals surface area contributed by atoms with Crippen LogP contribution in [0.25, 0.3) is 0 Å². The summed E-state index contributed by atoms with van der Waals surface area (Å²) in [5.74, 6) is 6.10. The zero-order valence-corrected chi connectivity index (χ0v) is 9.12. The molecule has 0 aromatic rings. The number of rotatable bonds is 1. The monoisotopic (exact) mass is 197 g/mol. The van der Waals surface area contributed by atoms with E-state index in [1.54, 1.807) is 0 Å². The molecule has 2 N–H and O–H groups in total. The maximum atomic E-state index is 6.10. The van der Waals surface area contributed by atoms with E-state index in [1.165, 1.54) is 58.0 Å². The highest BCUT2D eigenvalue weighted by Crippen LogP contribution is 2.20. The minimum atomic E-state index is 0.540. The Labute approximate surface area is 87.2 Å². The van der Waals surface area contributed by atoms with Crippen molar-refractivity contribution in [2.24, 2.45) is 5.84 Å². The van der Waals surface area contributed by atoms with Crippen LogP contribution in [0.4, 0.5) is 0 Å². The first-order chi connectivity index (χ1) is 6.88. The Morgan fingerprint density at radius 1 is 0.786 bits per heavy atom. The average molecular weight is 197 g/mol. The molecule has 0 saturated carbocycles. The van der Waals surface area contributed by atoms with Crippen LogP contribution in [0.5, 0.6) is 0 Å². The molecular formula is C11H23N3. The largest absolute Gasteiger partial charge is 0.287 e. The maximum absolute atomic E-state index is 6.10. The number of likely N-dealkylation sites (tertiary alicyclic amines) is 1. The van der Waals surface area contributed by atoms with Crippen LogP contribution in [-0.4, -0.2) is 35.7 Å². The fourth-order valence-electron chi connectivity index (χ4n) is 2.72. The molecule has 1 unspecified atom stereocenters. The number of hydrazine groups is 1. The molecule has 2 fully saturated rings. The summed E-state index contributed by atoms with van der Waals surface area (Å²) in [4.78, 5) is 2.59. The average Bonchev–Trinajstić information content (AvgIpc) is 2.44. The summed E-state index contributed by atoms with van der Waals surface area (Å²) >= 11 is 0. The van der Waals surface area contributed by atoms with Crippen molar-refractivity contribution in [2.75, 3.05) is 19.6 Å². The van der Waals surface area contributed by atoms with Crippen molar-refractivity contribution in [3.8, 4) is 0 Å². The summed E-state index contributed by atoms with van der Waals surface area (Å²) < 4.78 is 0. The summed E-state index contributed by atoms with van der Waals surface area (Å²) in [6.07, 6.45) is 9.95. The molecule has 2 rings (SSSR count). The quantitative estimate of drug-likeness (QED) is 0.647. The number of hydrogen-bond donors (Lipinski definition) is 1. The van der Waals surface area contributed by atoms with E-state index in [4.69, 9.17) is 5.84 Å². The van der Waals surface area contributed by atoms with E-state index in [1.807, 2.05) is 0 Å². The van der Waals surface area contributed by atoms with Crippen LogP contribution in [0.1, 0.15) is 44.9 Å². The van der Waals surface area contributed by atoms with Gasteiger partial charge in [-0.25, -0.2) is 5.01 Å². The van der Waals surface area contributed by atoms with Crippen molar-refractivity contribution in [3.63, 3.8) is 0 Å². The Bertz CT molecular complexity index is 166. The molecule has 82 valence electrons. The van der Waals surface area contributed by atoms with Gasteiger partial charge in [0.2, 0.25) is 0 Å². The van der Waals surface area contributed by atoms with Crippen molar-refractivity contribution >= 4 is 0 Å². The zero-order chi connectivity index (χ0) is 9.80. The second-order valence-corrected chi connectivity index (χ2v) is 4.66. The molecule has 0 amide bonds. The van der Waals surface area contributed by atoms with Gasteiger partial charge in [0.15, 0.2) is 0 Å². The highest BCUT2D eigenvalue weighted by molar-refractivity contribution is 4.75. The summed E-state index contributed by atoms with van der Waals surface area (Å²) in [6, 6.07) is 0. The lowest BCUT2D eigenvalue weighted by molar-refractivity contribution is 0.0289. The second-order valence-electron chi connectivity index (χ2n) is 4.66. The molecule has 0 aliphatic carbocycles. The summed E-state index contributed by atoms with van der Waals surface area (Å²) in [7, 11) is 0. The van der Waals surface area contributed by atoms with Crippen molar-refractivity contribution in [1.29, 1.82) is 0 Å². The fraction of sp³-hybridized carbons (Fsp3) is 1.00. The van der Waals surface area contributed by atoms with E-state index in [0.29, 0.717) is 6.17 Å². The Morgan fingerprint density at radius 3 is 2.21 bits per heavy atom. The van der Waals surface area contributed by atoms with Gasteiger partial charge in [0.05, 0.1) is 6.17 Å². The van der Waals surface area contributed by atoms with Gasteiger partial charge in [-0.05, 0) is 38.8 Å². The molecule has 2 saturated heterocycles. The number of nitrogens with zero attached hydrogens (tertiary/aromatic N) is 2. The smallest absolute Gasteiger partial charge is 0.0755 e. The molecule has 1 atom stereocenters. The van der Waals surface area contributed by atoms with Gasteiger partial charge in [-0.2, -0.15) is 0 Å². The van der Waals surface area contributed by atoms with Crippen molar-refractivity contribution in [2.45, 2.75) is 51.1 Å². The van der Waals surface area contributed by atoms with Gasteiger partial charge in [-0.15, -0.1) is 0 Å². The van der Waals surface area contributed by atoms with Crippen molar-refractivity contribution in [3.05, 3.63) is 0 Å². The predicted octanol–water partition coefficient (Wildman–Crippen LogP) is 1.55. The van der Waals surface area contributed by atoms with E-state index >= 15 is 0 Å². The molecule has 2 aliphatic heterocycles. The Morgan fingerprint density at radius 2 is 1.43 bits per heavy atom. The normalized spacial score (nSPS) is 32.8. The standard InChI is InChI=1S/C11H23N3/c12-14-10-6-1-3-7-11(14)13-8-4-2-5-9-13/h11H,1-10,12H2. The lowest BCUT2D eigenvalue weighted by Gasteiger charge is -2.38. The zero-order valence-electron chi connectivity index (χ0n) is 9.12. The van der Waals surface area contributed by atoms with Crippen LogP contribution in [0.15, 0.2) is 0 Å². The molecule has 3 nitrogen and oxygen atoms in total.